The summed E-state index contributed by atoms with van der Waals surface area (Å²) in [4.78, 5) is 16.0. The Labute approximate surface area is 112 Å². The molecule has 0 aliphatic heterocycles. The molecule has 2 aromatic rings. The molecule has 0 saturated heterocycles. The lowest BCUT2D eigenvalue weighted by molar-refractivity contribution is 0.102. The Bertz CT molecular complexity index is 564. The van der Waals surface area contributed by atoms with Gasteiger partial charge in [0.1, 0.15) is 5.82 Å². The number of pyridine rings is 1. The molecule has 1 aromatic carbocycles. The topological polar surface area (TPSA) is 42.0 Å². The third kappa shape index (κ3) is 2.73. The molecular weight excluding hydrogens is 299 g/mol. The van der Waals surface area contributed by atoms with E-state index >= 15 is 0 Å². The third-order valence-corrected chi connectivity index (χ3v) is 3.02. The van der Waals surface area contributed by atoms with E-state index in [2.05, 4.69) is 26.2 Å². The zero-order valence-electron chi connectivity index (χ0n) is 9.58. The monoisotopic (exact) mass is 308 g/mol. The van der Waals surface area contributed by atoms with E-state index in [1.165, 1.54) is 18.3 Å². The van der Waals surface area contributed by atoms with Crippen LogP contribution in [0.2, 0.25) is 0 Å². The van der Waals surface area contributed by atoms with E-state index < -0.39 is 11.7 Å². The molecule has 0 fully saturated rings. The molecule has 0 aliphatic rings. The largest absolute Gasteiger partial charge is 0.320 e. The molecule has 1 aromatic heterocycles. The first-order chi connectivity index (χ1) is 8.58. The van der Waals surface area contributed by atoms with Crippen molar-refractivity contribution in [3.05, 3.63) is 58.1 Å². The van der Waals surface area contributed by atoms with Crippen LogP contribution >= 0.6 is 15.9 Å². The SMILES string of the molecule is Cc1ccc(NC(=O)c2c(F)cccc2Br)cn1. The van der Waals surface area contributed by atoms with Gasteiger partial charge in [0.05, 0.1) is 17.4 Å². The van der Waals surface area contributed by atoms with Crippen LogP contribution in [0.3, 0.4) is 0 Å². The average Bonchev–Trinajstić information content (AvgIpc) is 2.32. The van der Waals surface area contributed by atoms with Crippen molar-refractivity contribution in [2.24, 2.45) is 0 Å². The molecule has 3 nitrogen and oxygen atoms in total. The normalized spacial score (nSPS) is 10.2. The van der Waals surface area contributed by atoms with Gasteiger partial charge in [0.2, 0.25) is 0 Å². The first-order valence-electron chi connectivity index (χ1n) is 5.26. The zero-order valence-corrected chi connectivity index (χ0v) is 11.2. The number of rotatable bonds is 2. The molecule has 5 heteroatoms. The Morgan fingerprint density at radius 3 is 2.72 bits per heavy atom. The molecule has 1 amide bonds. The smallest absolute Gasteiger partial charge is 0.259 e. The summed E-state index contributed by atoms with van der Waals surface area (Å²) in [6.07, 6.45) is 1.53. The van der Waals surface area contributed by atoms with Gasteiger partial charge in [-0.1, -0.05) is 6.07 Å². The Morgan fingerprint density at radius 2 is 2.11 bits per heavy atom. The fourth-order valence-electron chi connectivity index (χ4n) is 1.45. The van der Waals surface area contributed by atoms with Crippen molar-refractivity contribution in [1.82, 2.24) is 4.98 Å². The second-order valence-corrected chi connectivity index (χ2v) is 4.59. The highest BCUT2D eigenvalue weighted by Crippen LogP contribution is 2.20. The van der Waals surface area contributed by atoms with Crippen LogP contribution in [0.4, 0.5) is 10.1 Å². The molecule has 0 saturated carbocycles. The summed E-state index contributed by atoms with van der Waals surface area (Å²) in [5.74, 6) is -1.08. The minimum atomic E-state index is -0.568. The van der Waals surface area contributed by atoms with E-state index in [9.17, 15) is 9.18 Å². The maximum Gasteiger partial charge on any atom is 0.259 e. The van der Waals surface area contributed by atoms with Gasteiger partial charge in [0.15, 0.2) is 0 Å². The Morgan fingerprint density at radius 1 is 1.33 bits per heavy atom. The van der Waals surface area contributed by atoms with E-state index in [1.54, 1.807) is 18.2 Å². The highest BCUT2D eigenvalue weighted by atomic mass is 79.9. The second kappa shape index (κ2) is 5.27. The predicted octanol–water partition coefficient (Wildman–Crippen LogP) is 3.54. The molecule has 0 atom stereocenters. The number of carbonyl (C=O) groups excluding carboxylic acids is 1. The van der Waals surface area contributed by atoms with Crippen LogP contribution in [0, 0.1) is 12.7 Å². The standard InChI is InChI=1S/C13H10BrFN2O/c1-8-5-6-9(7-16-8)17-13(18)12-10(14)3-2-4-11(12)15/h2-7H,1H3,(H,17,18). The Hall–Kier alpha value is -1.75. The first-order valence-corrected chi connectivity index (χ1v) is 6.05. The summed E-state index contributed by atoms with van der Waals surface area (Å²) in [6, 6.07) is 7.88. The molecule has 1 N–H and O–H groups in total. The summed E-state index contributed by atoms with van der Waals surface area (Å²) in [5, 5.41) is 2.60. The van der Waals surface area contributed by atoms with Gasteiger partial charge in [0.25, 0.3) is 5.91 Å². The lowest BCUT2D eigenvalue weighted by Gasteiger charge is -2.07. The van der Waals surface area contributed by atoms with Gasteiger partial charge in [-0.15, -0.1) is 0 Å². The van der Waals surface area contributed by atoms with Crippen LogP contribution in [0.5, 0.6) is 0 Å². The summed E-state index contributed by atoms with van der Waals surface area (Å²) in [6.45, 7) is 1.85. The van der Waals surface area contributed by atoms with Gasteiger partial charge in [-0.2, -0.15) is 0 Å². The number of hydrogen-bond acceptors (Lipinski definition) is 2. The lowest BCUT2D eigenvalue weighted by atomic mass is 10.2. The van der Waals surface area contributed by atoms with Crippen molar-refractivity contribution in [1.29, 1.82) is 0 Å². The number of benzene rings is 1. The molecular formula is C13H10BrFN2O. The van der Waals surface area contributed by atoms with Crippen molar-refractivity contribution in [2.45, 2.75) is 6.92 Å². The lowest BCUT2D eigenvalue weighted by Crippen LogP contribution is -2.14. The molecule has 0 unspecified atom stereocenters. The number of hydrogen-bond donors (Lipinski definition) is 1. The molecule has 0 spiro atoms. The first kappa shape index (κ1) is 12.7. The van der Waals surface area contributed by atoms with Crippen LogP contribution in [0.25, 0.3) is 0 Å². The summed E-state index contributed by atoms with van der Waals surface area (Å²) in [7, 11) is 0. The molecule has 0 aliphatic carbocycles. The summed E-state index contributed by atoms with van der Waals surface area (Å²) >= 11 is 3.16. The van der Waals surface area contributed by atoms with Crippen LogP contribution in [-0.2, 0) is 0 Å². The minimum Gasteiger partial charge on any atom is -0.320 e. The van der Waals surface area contributed by atoms with E-state index in [0.29, 0.717) is 10.2 Å². The van der Waals surface area contributed by atoms with Gasteiger partial charge in [0, 0.05) is 10.2 Å². The quantitative estimate of drug-likeness (QED) is 0.922. The number of carbonyl (C=O) groups is 1. The van der Waals surface area contributed by atoms with E-state index in [0.717, 1.165) is 5.69 Å². The van der Waals surface area contributed by atoms with Crippen molar-refractivity contribution in [2.75, 3.05) is 5.32 Å². The average molecular weight is 309 g/mol. The second-order valence-electron chi connectivity index (χ2n) is 3.74. The number of halogens is 2. The maximum absolute atomic E-state index is 13.6. The van der Waals surface area contributed by atoms with E-state index in [1.807, 2.05) is 6.92 Å². The van der Waals surface area contributed by atoms with E-state index in [-0.39, 0.29) is 5.56 Å². The van der Waals surface area contributed by atoms with Gasteiger partial charge >= 0.3 is 0 Å². The van der Waals surface area contributed by atoms with Crippen LogP contribution < -0.4 is 5.32 Å². The number of anilines is 1. The molecule has 0 radical (unpaired) electrons. The van der Waals surface area contributed by atoms with Crippen LogP contribution in [0.1, 0.15) is 16.1 Å². The number of nitrogens with one attached hydrogen (secondary N) is 1. The molecule has 0 bridgehead atoms. The highest BCUT2D eigenvalue weighted by Gasteiger charge is 2.15. The maximum atomic E-state index is 13.6. The van der Waals surface area contributed by atoms with Crippen LogP contribution in [0.15, 0.2) is 41.0 Å². The van der Waals surface area contributed by atoms with Crippen molar-refractivity contribution in [3.63, 3.8) is 0 Å². The Balaban J connectivity index is 2.25. The van der Waals surface area contributed by atoms with Gasteiger partial charge < -0.3 is 5.32 Å². The predicted molar refractivity (Wildman–Crippen MR) is 71.0 cm³/mol. The highest BCUT2D eigenvalue weighted by molar-refractivity contribution is 9.10. The third-order valence-electron chi connectivity index (χ3n) is 2.36. The molecule has 92 valence electrons. The van der Waals surface area contributed by atoms with Crippen molar-refractivity contribution < 1.29 is 9.18 Å². The molecule has 2 rings (SSSR count). The van der Waals surface area contributed by atoms with Gasteiger partial charge in [-0.05, 0) is 47.1 Å². The Kier molecular flexibility index (Phi) is 3.72. The summed E-state index contributed by atoms with van der Waals surface area (Å²) in [5.41, 5.74) is 1.36. The number of nitrogens with zero attached hydrogens (tertiary/aromatic N) is 1. The van der Waals surface area contributed by atoms with Crippen LogP contribution in [-0.4, -0.2) is 10.9 Å². The summed E-state index contributed by atoms with van der Waals surface area (Å²) < 4.78 is 14.0. The fourth-order valence-corrected chi connectivity index (χ4v) is 1.97. The fraction of sp³-hybridized carbons (Fsp3) is 0.0769. The van der Waals surface area contributed by atoms with E-state index in [4.69, 9.17) is 0 Å². The van der Waals surface area contributed by atoms with Gasteiger partial charge in [-0.3, -0.25) is 9.78 Å². The molecule has 1 heterocycles. The number of amides is 1. The number of aromatic nitrogens is 1. The number of aryl methyl sites for hydroxylation is 1. The van der Waals surface area contributed by atoms with Gasteiger partial charge in [-0.25, -0.2) is 4.39 Å². The van der Waals surface area contributed by atoms with Crippen molar-refractivity contribution in [3.8, 4) is 0 Å². The molecule has 18 heavy (non-hydrogen) atoms. The van der Waals surface area contributed by atoms with Crippen molar-refractivity contribution >= 4 is 27.5 Å². The zero-order chi connectivity index (χ0) is 13.1. The minimum absolute atomic E-state index is 0.0157.